The Kier molecular flexibility index (Phi) is 7.93. The number of hydrogen-bond donors (Lipinski definition) is 1. The predicted molar refractivity (Wildman–Crippen MR) is 158 cm³/mol. The Morgan fingerprint density at radius 2 is 1.45 bits per heavy atom. The van der Waals surface area contributed by atoms with E-state index in [9.17, 15) is 9.59 Å². The number of carbonyl (C=O) groups is 2. The first-order valence-corrected chi connectivity index (χ1v) is 14.2. The van der Waals surface area contributed by atoms with Crippen LogP contribution in [0.1, 0.15) is 33.5 Å². The van der Waals surface area contributed by atoms with Crippen LogP contribution in [-0.4, -0.2) is 18.1 Å². The fourth-order valence-electron chi connectivity index (χ4n) is 4.66. The second kappa shape index (κ2) is 11.4. The number of halogens is 3. The van der Waals surface area contributed by atoms with Gasteiger partial charge in [0.25, 0.3) is 0 Å². The average molecular weight is 697 g/mol. The highest BCUT2D eigenvalue weighted by molar-refractivity contribution is 9.11. The summed E-state index contributed by atoms with van der Waals surface area (Å²) in [5.41, 5.74) is 5.43. The third kappa shape index (κ3) is 5.39. The summed E-state index contributed by atoms with van der Waals surface area (Å²) in [5.74, 6) is -0.657. The standard InChI is InChI=1S/C30H21Br3N2O3/c31-22-15-19(27(26(33)16-22)38-29(37)23-13-7-8-14-25(23)32)18-34-35-28(36)24-17-30(24,20-9-3-1-4-10-20)21-11-5-2-6-12-21/h1-16,18,24H,17H2,(H,35,36)/b34-18-/t24-/m1/s1. The molecule has 1 saturated carbocycles. The van der Waals surface area contributed by atoms with Crippen molar-refractivity contribution in [3.63, 3.8) is 0 Å². The Morgan fingerprint density at radius 1 is 0.842 bits per heavy atom. The van der Waals surface area contributed by atoms with Crippen LogP contribution in [0.4, 0.5) is 0 Å². The van der Waals surface area contributed by atoms with E-state index >= 15 is 0 Å². The second-order valence-electron chi connectivity index (χ2n) is 8.87. The van der Waals surface area contributed by atoms with Crippen molar-refractivity contribution in [2.75, 3.05) is 0 Å². The van der Waals surface area contributed by atoms with Gasteiger partial charge in [-0.15, -0.1) is 0 Å². The molecule has 0 radical (unpaired) electrons. The molecule has 0 heterocycles. The molecule has 0 aliphatic heterocycles. The van der Waals surface area contributed by atoms with Crippen LogP contribution in [0.25, 0.3) is 0 Å². The van der Waals surface area contributed by atoms with Crippen LogP contribution in [0.3, 0.4) is 0 Å². The highest BCUT2D eigenvalue weighted by atomic mass is 79.9. The fraction of sp³-hybridized carbons (Fsp3) is 0.100. The molecule has 4 aromatic carbocycles. The highest BCUT2D eigenvalue weighted by Gasteiger charge is 2.60. The lowest BCUT2D eigenvalue weighted by atomic mass is 9.85. The van der Waals surface area contributed by atoms with Gasteiger partial charge in [-0.2, -0.15) is 5.10 Å². The predicted octanol–water partition coefficient (Wildman–Crippen LogP) is 7.65. The molecule has 4 aromatic rings. The molecule has 0 saturated heterocycles. The SMILES string of the molecule is O=C(Oc1c(Br)cc(Br)cc1/C=N\NC(=O)[C@H]1CC1(c1ccccc1)c1ccccc1)c1ccccc1Br. The summed E-state index contributed by atoms with van der Waals surface area (Å²) in [6.45, 7) is 0. The van der Waals surface area contributed by atoms with Crippen molar-refractivity contribution in [3.8, 4) is 5.75 Å². The third-order valence-corrected chi connectivity index (χ3v) is 8.30. The van der Waals surface area contributed by atoms with Gasteiger partial charge in [-0.1, -0.05) is 88.7 Å². The molecule has 0 bridgehead atoms. The van der Waals surface area contributed by atoms with E-state index in [1.165, 1.54) is 6.21 Å². The number of nitrogens with zero attached hydrogens (tertiary/aromatic N) is 1. The summed E-state index contributed by atoms with van der Waals surface area (Å²) in [6.07, 6.45) is 2.17. The van der Waals surface area contributed by atoms with Crippen LogP contribution < -0.4 is 10.2 Å². The molecule has 1 atom stereocenters. The van der Waals surface area contributed by atoms with Crippen molar-refractivity contribution in [1.29, 1.82) is 0 Å². The van der Waals surface area contributed by atoms with Gasteiger partial charge in [0.05, 0.1) is 22.2 Å². The Balaban J connectivity index is 1.36. The van der Waals surface area contributed by atoms with E-state index in [0.29, 0.717) is 32.2 Å². The Morgan fingerprint density at radius 3 is 2.08 bits per heavy atom. The smallest absolute Gasteiger partial charge is 0.344 e. The zero-order chi connectivity index (χ0) is 26.7. The van der Waals surface area contributed by atoms with Crippen LogP contribution in [0.5, 0.6) is 5.75 Å². The number of nitrogens with one attached hydrogen (secondary N) is 1. The summed E-state index contributed by atoms with van der Waals surface area (Å²) in [7, 11) is 0. The molecular weight excluding hydrogens is 676 g/mol. The number of hydrazone groups is 1. The van der Waals surface area contributed by atoms with Gasteiger partial charge in [-0.05, 0) is 73.7 Å². The first-order valence-electron chi connectivity index (χ1n) is 11.8. The average Bonchev–Trinajstić information content (AvgIpc) is 3.69. The van der Waals surface area contributed by atoms with E-state index in [1.54, 1.807) is 30.3 Å². The largest absolute Gasteiger partial charge is 0.421 e. The molecule has 1 N–H and O–H groups in total. The zero-order valence-corrected chi connectivity index (χ0v) is 24.7. The molecule has 1 amide bonds. The van der Waals surface area contributed by atoms with Crippen LogP contribution in [-0.2, 0) is 10.2 Å². The number of esters is 1. The van der Waals surface area contributed by atoms with E-state index in [4.69, 9.17) is 4.74 Å². The number of hydrogen-bond acceptors (Lipinski definition) is 4. The van der Waals surface area contributed by atoms with Gasteiger partial charge in [-0.25, -0.2) is 10.2 Å². The van der Waals surface area contributed by atoms with Crippen molar-refractivity contribution in [3.05, 3.63) is 133 Å². The van der Waals surface area contributed by atoms with Gasteiger partial charge in [0, 0.05) is 19.9 Å². The Hall–Kier alpha value is -3.07. The maximum absolute atomic E-state index is 13.2. The van der Waals surface area contributed by atoms with Crippen LogP contribution >= 0.6 is 47.8 Å². The zero-order valence-electron chi connectivity index (χ0n) is 19.9. The van der Waals surface area contributed by atoms with Gasteiger partial charge in [0.1, 0.15) is 0 Å². The van der Waals surface area contributed by atoms with Crippen LogP contribution in [0, 0.1) is 5.92 Å². The van der Waals surface area contributed by atoms with Crippen molar-refractivity contribution in [1.82, 2.24) is 5.43 Å². The van der Waals surface area contributed by atoms with E-state index in [1.807, 2.05) is 42.5 Å². The molecular formula is C30H21Br3N2O3. The summed E-state index contributed by atoms with van der Waals surface area (Å²) < 4.78 is 7.67. The van der Waals surface area contributed by atoms with E-state index in [0.717, 1.165) is 15.6 Å². The number of amides is 1. The van der Waals surface area contributed by atoms with Gasteiger partial charge in [0.2, 0.25) is 5.91 Å². The monoisotopic (exact) mass is 694 g/mol. The molecule has 38 heavy (non-hydrogen) atoms. The van der Waals surface area contributed by atoms with Crippen molar-refractivity contribution in [2.24, 2.45) is 11.0 Å². The number of benzene rings is 4. The minimum Gasteiger partial charge on any atom is -0.421 e. The molecule has 1 aliphatic carbocycles. The number of carbonyl (C=O) groups excluding carboxylic acids is 2. The van der Waals surface area contributed by atoms with Crippen molar-refractivity contribution >= 4 is 65.9 Å². The third-order valence-electron chi connectivity index (χ3n) is 6.56. The maximum atomic E-state index is 13.2. The van der Waals surface area contributed by atoms with Crippen molar-refractivity contribution < 1.29 is 14.3 Å². The molecule has 1 aliphatic rings. The second-order valence-corrected chi connectivity index (χ2v) is 11.5. The van der Waals surface area contributed by atoms with Crippen LogP contribution in [0.2, 0.25) is 0 Å². The lowest BCUT2D eigenvalue weighted by Crippen LogP contribution is -2.25. The van der Waals surface area contributed by atoms with Gasteiger partial charge in [0.15, 0.2) is 5.75 Å². The van der Waals surface area contributed by atoms with Gasteiger partial charge >= 0.3 is 5.97 Å². The molecule has 0 unspecified atom stereocenters. The highest BCUT2D eigenvalue weighted by Crippen LogP contribution is 2.58. The number of rotatable bonds is 7. The lowest BCUT2D eigenvalue weighted by Gasteiger charge is -2.18. The molecule has 5 nitrogen and oxygen atoms in total. The van der Waals surface area contributed by atoms with E-state index in [-0.39, 0.29) is 17.2 Å². The molecule has 5 rings (SSSR count). The number of ether oxygens (including phenoxy) is 1. The molecule has 0 spiro atoms. The molecule has 8 heteroatoms. The quantitative estimate of drug-likeness (QED) is 0.0935. The van der Waals surface area contributed by atoms with Crippen LogP contribution in [0.15, 0.2) is 116 Å². The Bertz CT molecular complexity index is 1490. The Labute approximate surface area is 245 Å². The summed E-state index contributed by atoms with van der Waals surface area (Å²) in [6, 6.07) is 30.7. The maximum Gasteiger partial charge on any atom is 0.344 e. The summed E-state index contributed by atoms with van der Waals surface area (Å²) in [4.78, 5) is 26.1. The first kappa shape index (κ1) is 26.5. The molecule has 1 fully saturated rings. The fourth-order valence-corrected chi connectivity index (χ4v) is 6.44. The summed E-state index contributed by atoms with van der Waals surface area (Å²) >= 11 is 10.3. The topological polar surface area (TPSA) is 67.8 Å². The molecule has 190 valence electrons. The normalized spacial score (nSPS) is 15.7. The van der Waals surface area contributed by atoms with E-state index < -0.39 is 5.97 Å². The van der Waals surface area contributed by atoms with Gasteiger partial charge < -0.3 is 4.74 Å². The van der Waals surface area contributed by atoms with E-state index in [2.05, 4.69) is 82.6 Å². The van der Waals surface area contributed by atoms with Crippen molar-refractivity contribution in [2.45, 2.75) is 11.8 Å². The minimum absolute atomic E-state index is 0.172. The minimum atomic E-state index is -0.521. The lowest BCUT2D eigenvalue weighted by molar-refractivity contribution is -0.122. The summed E-state index contributed by atoms with van der Waals surface area (Å²) in [5, 5.41) is 4.23. The first-order chi connectivity index (χ1) is 18.4. The van der Waals surface area contributed by atoms with Gasteiger partial charge in [-0.3, -0.25) is 4.79 Å². The molecule has 0 aromatic heterocycles.